The van der Waals surface area contributed by atoms with E-state index in [0.717, 1.165) is 0 Å². The fourth-order valence-electron chi connectivity index (χ4n) is 2.88. The molecule has 0 radical (unpaired) electrons. The summed E-state index contributed by atoms with van der Waals surface area (Å²) in [4.78, 5) is 14.1. The molecule has 15 heavy (non-hydrogen) atoms. The van der Waals surface area contributed by atoms with E-state index in [2.05, 4.69) is 23.4 Å². The van der Waals surface area contributed by atoms with Gasteiger partial charge in [0, 0.05) is 11.3 Å². The fraction of sp³-hybridized carbons (Fsp3) is 0.909. The maximum absolute atomic E-state index is 12.0. The van der Waals surface area contributed by atoms with E-state index < -0.39 is 0 Å². The quantitative estimate of drug-likeness (QED) is 0.776. The predicted octanol–water partition coefficient (Wildman–Crippen LogP) is 1.44. The minimum Gasteiger partial charge on any atom is -0.322 e. The molecule has 1 aliphatic heterocycles. The van der Waals surface area contributed by atoms with Crippen LogP contribution in [-0.2, 0) is 4.79 Å². The van der Waals surface area contributed by atoms with Gasteiger partial charge in [0.05, 0.1) is 12.2 Å². The van der Waals surface area contributed by atoms with E-state index in [0.29, 0.717) is 11.3 Å². The molecule has 0 spiro atoms. The van der Waals surface area contributed by atoms with Crippen molar-refractivity contribution in [3.8, 4) is 0 Å². The number of carbonyl (C=O) groups excluding carboxylic acids is 1. The summed E-state index contributed by atoms with van der Waals surface area (Å²) in [5.74, 6) is 0.286. The first kappa shape index (κ1) is 11.3. The number of nitrogens with zero attached hydrogens (tertiary/aromatic N) is 1. The smallest absolute Gasteiger partial charge is 0.241 e. The Morgan fingerprint density at radius 2 is 2.13 bits per heavy atom. The molecule has 0 aromatic carbocycles. The third-order valence-electron chi connectivity index (χ3n) is 3.61. The summed E-state index contributed by atoms with van der Waals surface area (Å²) < 4.78 is 0. The maximum atomic E-state index is 12.0. The molecule has 0 aromatic heterocycles. The van der Waals surface area contributed by atoms with Gasteiger partial charge in [-0.2, -0.15) is 11.8 Å². The first-order chi connectivity index (χ1) is 7.15. The van der Waals surface area contributed by atoms with Gasteiger partial charge >= 0.3 is 0 Å². The Labute approximate surface area is 96.0 Å². The third kappa shape index (κ3) is 1.89. The second kappa shape index (κ2) is 4.34. The molecule has 1 amide bonds. The topological polar surface area (TPSA) is 32.3 Å². The van der Waals surface area contributed by atoms with Crippen LogP contribution in [0.4, 0.5) is 0 Å². The van der Waals surface area contributed by atoms with Gasteiger partial charge < -0.3 is 4.90 Å². The number of hydrogen-bond acceptors (Lipinski definition) is 3. The summed E-state index contributed by atoms with van der Waals surface area (Å²) >= 11 is 1.91. The first-order valence-corrected chi connectivity index (χ1v) is 7.05. The molecule has 0 aromatic rings. The Kier molecular flexibility index (Phi) is 3.26. The number of nitrogens with one attached hydrogen (secondary N) is 1. The van der Waals surface area contributed by atoms with Crippen LogP contribution in [0.15, 0.2) is 0 Å². The molecule has 1 aliphatic carbocycles. The van der Waals surface area contributed by atoms with Gasteiger partial charge in [-0.05, 0) is 32.9 Å². The van der Waals surface area contributed by atoms with Crippen LogP contribution in [0.3, 0.4) is 0 Å². The van der Waals surface area contributed by atoms with E-state index in [1.807, 2.05) is 18.7 Å². The lowest BCUT2D eigenvalue weighted by Gasteiger charge is -2.31. The lowest BCUT2D eigenvalue weighted by atomic mass is 10.2. The fourth-order valence-corrected chi connectivity index (χ4v) is 3.86. The predicted molar refractivity (Wildman–Crippen MR) is 63.8 cm³/mol. The molecule has 1 N–H and O–H groups in total. The highest BCUT2D eigenvalue weighted by Gasteiger charge is 2.42. The molecule has 3 nitrogen and oxygen atoms in total. The molecule has 1 saturated carbocycles. The number of carbonyl (C=O) groups is 1. The Balaban J connectivity index is 2.12. The van der Waals surface area contributed by atoms with Gasteiger partial charge in [-0.15, -0.1) is 0 Å². The zero-order chi connectivity index (χ0) is 11.0. The van der Waals surface area contributed by atoms with Gasteiger partial charge in [-0.25, -0.2) is 0 Å². The molecular formula is C11H20N2OS. The van der Waals surface area contributed by atoms with E-state index in [-0.39, 0.29) is 18.1 Å². The zero-order valence-corrected chi connectivity index (χ0v) is 10.5. The average Bonchev–Trinajstić information content (AvgIpc) is 2.73. The van der Waals surface area contributed by atoms with E-state index in [9.17, 15) is 4.79 Å². The highest BCUT2D eigenvalue weighted by atomic mass is 32.2. The molecule has 4 atom stereocenters. The molecule has 1 heterocycles. The van der Waals surface area contributed by atoms with Crippen molar-refractivity contribution < 1.29 is 4.79 Å². The second-order valence-electron chi connectivity index (χ2n) is 4.58. The minimum absolute atomic E-state index is 0.00288. The van der Waals surface area contributed by atoms with E-state index in [1.54, 1.807) is 0 Å². The van der Waals surface area contributed by atoms with Gasteiger partial charge in [0.15, 0.2) is 0 Å². The van der Waals surface area contributed by atoms with Crippen LogP contribution in [0.1, 0.15) is 33.1 Å². The minimum atomic E-state index is 0.00288. The standard InChI is InChI=1S/C11H20N2OS/c1-7-11(14)13(8(2)12-7)9-5-4-6-10(9)15-3/h7-10,12H,4-6H2,1-3H3. The Bertz CT molecular complexity index is 259. The zero-order valence-electron chi connectivity index (χ0n) is 9.69. The molecule has 4 heteroatoms. The van der Waals surface area contributed by atoms with Crippen molar-refractivity contribution in [2.75, 3.05) is 6.26 Å². The highest BCUT2D eigenvalue weighted by Crippen LogP contribution is 2.34. The van der Waals surface area contributed by atoms with Crippen LogP contribution in [0.25, 0.3) is 0 Å². The van der Waals surface area contributed by atoms with Gasteiger partial charge in [0.25, 0.3) is 0 Å². The van der Waals surface area contributed by atoms with Crippen molar-refractivity contribution in [2.24, 2.45) is 0 Å². The summed E-state index contributed by atoms with van der Waals surface area (Å²) in [6.07, 6.45) is 6.07. The summed E-state index contributed by atoms with van der Waals surface area (Å²) in [6, 6.07) is 0.461. The molecule has 0 bridgehead atoms. The van der Waals surface area contributed by atoms with Crippen LogP contribution in [0, 0.1) is 0 Å². The van der Waals surface area contributed by atoms with Crippen molar-refractivity contribution in [3.63, 3.8) is 0 Å². The lowest BCUT2D eigenvalue weighted by molar-refractivity contribution is -0.131. The Hall–Kier alpha value is -0.220. The van der Waals surface area contributed by atoms with Crippen molar-refractivity contribution >= 4 is 17.7 Å². The van der Waals surface area contributed by atoms with Crippen molar-refractivity contribution in [1.82, 2.24) is 10.2 Å². The van der Waals surface area contributed by atoms with Crippen LogP contribution in [-0.4, -0.2) is 40.6 Å². The van der Waals surface area contributed by atoms with E-state index >= 15 is 0 Å². The monoisotopic (exact) mass is 228 g/mol. The number of thioether (sulfide) groups is 1. The average molecular weight is 228 g/mol. The van der Waals surface area contributed by atoms with Crippen LogP contribution >= 0.6 is 11.8 Å². The van der Waals surface area contributed by atoms with Gasteiger partial charge in [-0.1, -0.05) is 6.42 Å². The van der Waals surface area contributed by atoms with Crippen LogP contribution in [0.5, 0.6) is 0 Å². The summed E-state index contributed by atoms with van der Waals surface area (Å²) in [6.45, 7) is 4.05. The van der Waals surface area contributed by atoms with Crippen LogP contribution < -0.4 is 5.32 Å². The summed E-state index contributed by atoms with van der Waals surface area (Å²) in [7, 11) is 0. The van der Waals surface area contributed by atoms with E-state index in [1.165, 1.54) is 19.3 Å². The molecule has 2 fully saturated rings. The van der Waals surface area contributed by atoms with Gasteiger partial charge in [0.2, 0.25) is 5.91 Å². The molecule has 1 saturated heterocycles. The largest absolute Gasteiger partial charge is 0.322 e. The highest BCUT2D eigenvalue weighted by molar-refractivity contribution is 7.99. The Morgan fingerprint density at radius 3 is 2.67 bits per heavy atom. The van der Waals surface area contributed by atoms with E-state index in [4.69, 9.17) is 0 Å². The second-order valence-corrected chi connectivity index (χ2v) is 5.66. The van der Waals surface area contributed by atoms with Crippen LogP contribution in [0.2, 0.25) is 0 Å². The van der Waals surface area contributed by atoms with Gasteiger partial charge in [0.1, 0.15) is 0 Å². The molecule has 86 valence electrons. The number of hydrogen-bond donors (Lipinski definition) is 1. The maximum Gasteiger partial charge on any atom is 0.241 e. The SMILES string of the molecule is CSC1CCCC1N1C(=O)C(C)NC1C. The van der Waals surface area contributed by atoms with Gasteiger partial charge in [-0.3, -0.25) is 10.1 Å². The molecule has 2 aliphatic rings. The lowest BCUT2D eigenvalue weighted by Crippen LogP contribution is -2.45. The number of amides is 1. The molecule has 4 unspecified atom stereocenters. The third-order valence-corrected chi connectivity index (χ3v) is 4.77. The van der Waals surface area contributed by atoms with Crippen molar-refractivity contribution in [1.29, 1.82) is 0 Å². The number of rotatable bonds is 2. The Morgan fingerprint density at radius 1 is 1.40 bits per heavy atom. The first-order valence-electron chi connectivity index (χ1n) is 5.76. The van der Waals surface area contributed by atoms with Crippen molar-refractivity contribution in [2.45, 2.75) is 56.6 Å². The molecular weight excluding hydrogens is 208 g/mol. The van der Waals surface area contributed by atoms with Crippen molar-refractivity contribution in [3.05, 3.63) is 0 Å². The normalized spacial score (nSPS) is 41.5. The summed E-state index contributed by atoms with van der Waals surface area (Å²) in [5, 5.41) is 3.95. The summed E-state index contributed by atoms with van der Waals surface area (Å²) in [5.41, 5.74) is 0. The molecule has 2 rings (SSSR count).